The summed E-state index contributed by atoms with van der Waals surface area (Å²) >= 11 is 0. The van der Waals surface area contributed by atoms with Gasteiger partial charge in [-0.05, 0) is 22.3 Å². The molecule has 0 radical (unpaired) electrons. The Kier molecular flexibility index (Phi) is 4.44. The molecular formula is C25H18O. The molecule has 0 aliphatic carbocycles. The molecule has 0 saturated carbocycles. The van der Waals surface area contributed by atoms with E-state index in [1.165, 1.54) is 0 Å². The third-order valence-electron chi connectivity index (χ3n) is 4.51. The molecular weight excluding hydrogens is 316 g/mol. The van der Waals surface area contributed by atoms with E-state index < -0.39 is 0 Å². The van der Waals surface area contributed by atoms with Gasteiger partial charge in [-0.1, -0.05) is 109 Å². The van der Waals surface area contributed by atoms with E-state index in [2.05, 4.69) is 0 Å². The summed E-state index contributed by atoms with van der Waals surface area (Å²) in [4.78, 5) is 13.4. The quantitative estimate of drug-likeness (QED) is 0.403. The standard InChI is InChI=1S/C25H18O/c26-25(23-17-9-7-15-21(23)19-11-3-1-4-12-19)24-18-10-8-16-22(24)20-13-5-2-6-14-20/h1-18H. The number of hydrogen-bond acceptors (Lipinski definition) is 1. The minimum absolute atomic E-state index is 0.0453. The SMILES string of the molecule is O=C(c1ccccc1-c1ccccc1)c1ccccc1-c1ccccc1. The molecule has 4 rings (SSSR count). The lowest BCUT2D eigenvalue weighted by atomic mass is 9.90. The van der Waals surface area contributed by atoms with Gasteiger partial charge in [-0.3, -0.25) is 4.79 Å². The molecule has 124 valence electrons. The van der Waals surface area contributed by atoms with Gasteiger partial charge in [0, 0.05) is 11.1 Å². The van der Waals surface area contributed by atoms with Gasteiger partial charge >= 0.3 is 0 Å². The zero-order chi connectivity index (χ0) is 17.8. The lowest BCUT2D eigenvalue weighted by molar-refractivity contribution is 0.104. The highest BCUT2D eigenvalue weighted by Gasteiger charge is 2.17. The fraction of sp³-hybridized carbons (Fsp3) is 0. The minimum atomic E-state index is 0.0453. The van der Waals surface area contributed by atoms with Crippen molar-refractivity contribution in [1.82, 2.24) is 0 Å². The molecule has 4 aromatic carbocycles. The first-order valence-electron chi connectivity index (χ1n) is 8.68. The summed E-state index contributed by atoms with van der Waals surface area (Å²) in [5, 5.41) is 0. The number of hydrogen-bond donors (Lipinski definition) is 0. The molecule has 26 heavy (non-hydrogen) atoms. The third kappa shape index (κ3) is 3.07. The molecule has 1 nitrogen and oxygen atoms in total. The summed E-state index contributed by atoms with van der Waals surface area (Å²) in [6, 6.07) is 35.7. The number of benzene rings is 4. The lowest BCUT2D eigenvalue weighted by Gasteiger charge is -2.12. The van der Waals surface area contributed by atoms with Crippen molar-refractivity contribution in [3.8, 4) is 22.3 Å². The molecule has 4 aromatic rings. The Morgan fingerprint density at radius 3 is 1.19 bits per heavy atom. The molecule has 0 bridgehead atoms. The van der Waals surface area contributed by atoms with E-state index in [4.69, 9.17) is 0 Å². The predicted molar refractivity (Wildman–Crippen MR) is 107 cm³/mol. The van der Waals surface area contributed by atoms with Gasteiger partial charge in [0.15, 0.2) is 5.78 Å². The Hall–Kier alpha value is -3.45. The van der Waals surface area contributed by atoms with Crippen molar-refractivity contribution in [2.24, 2.45) is 0 Å². The molecule has 0 spiro atoms. The summed E-state index contributed by atoms with van der Waals surface area (Å²) in [6.07, 6.45) is 0. The van der Waals surface area contributed by atoms with Crippen LogP contribution in [0.2, 0.25) is 0 Å². The summed E-state index contributed by atoms with van der Waals surface area (Å²) in [7, 11) is 0. The maximum Gasteiger partial charge on any atom is 0.194 e. The Balaban J connectivity index is 1.84. The van der Waals surface area contributed by atoms with Crippen LogP contribution in [0.15, 0.2) is 109 Å². The number of carbonyl (C=O) groups excluding carboxylic acids is 1. The molecule has 0 saturated heterocycles. The van der Waals surface area contributed by atoms with Gasteiger partial charge in [-0.2, -0.15) is 0 Å². The van der Waals surface area contributed by atoms with Crippen LogP contribution in [-0.2, 0) is 0 Å². The molecule has 0 heterocycles. The van der Waals surface area contributed by atoms with E-state index in [0.29, 0.717) is 0 Å². The number of ketones is 1. The van der Waals surface area contributed by atoms with Crippen LogP contribution in [0.25, 0.3) is 22.3 Å². The second-order valence-corrected chi connectivity index (χ2v) is 6.15. The largest absolute Gasteiger partial charge is 0.289 e. The van der Waals surface area contributed by atoms with Crippen LogP contribution in [0, 0.1) is 0 Å². The van der Waals surface area contributed by atoms with Gasteiger partial charge in [-0.15, -0.1) is 0 Å². The van der Waals surface area contributed by atoms with E-state index in [1.807, 2.05) is 109 Å². The summed E-state index contributed by atoms with van der Waals surface area (Å²) < 4.78 is 0. The Morgan fingerprint density at radius 1 is 0.423 bits per heavy atom. The Labute approximate surface area is 153 Å². The van der Waals surface area contributed by atoms with Crippen LogP contribution in [0.5, 0.6) is 0 Å². The fourth-order valence-electron chi connectivity index (χ4n) is 3.25. The molecule has 0 amide bonds. The van der Waals surface area contributed by atoms with Crippen LogP contribution >= 0.6 is 0 Å². The maximum absolute atomic E-state index is 13.4. The molecule has 0 N–H and O–H groups in total. The smallest absolute Gasteiger partial charge is 0.194 e. The Morgan fingerprint density at radius 2 is 0.769 bits per heavy atom. The lowest BCUT2D eigenvalue weighted by Crippen LogP contribution is -2.05. The average molecular weight is 334 g/mol. The van der Waals surface area contributed by atoms with E-state index in [-0.39, 0.29) is 5.78 Å². The van der Waals surface area contributed by atoms with Crippen LogP contribution in [-0.4, -0.2) is 5.78 Å². The second-order valence-electron chi connectivity index (χ2n) is 6.15. The topological polar surface area (TPSA) is 17.1 Å². The molecule has 0 aliphatic rings. The first-order valence-corrected chi connectivity index (χ1v) is 8.68. The van der Waals surface area contributed by atoms with Crippen LogP contribution < -0.4 is 0 Å². The van der Waals surface area contributed by atoms with Gasteiger partial charge in [0.25, 0.3) is 0 Å². The summed E-state index contributed by atoms with van der Waals surface area (Å²) in [5.41, 5.74) is 5.47. The normalized spacial score (nSPS) is 10.5. The fourth-order valence-corrected chi connectivity index (χ4v) is 3.25. The van der Waals surface area contributed by atoms with Crippen molar-refractivity contribution in [1.29, 1.82) is 0 Å². The average Bonchev–Trinajstić information content (AvgIpc) is 2.74. The highest BCUT2D eigenvalue weighted by Crippen LogP contribution is 2.30. The van der Waals surface area contributed by atoms with Crippen LogP contribution in [0.3, 0.4) is 0 Å². The van der Waals surface area contributed by atoms with Gasteiger partial charge in [0.2, 0.25) is 0 Å². The first-order chi connectivity index (χ1) is 12.8. The van der Waals surface area contributed by atoms with Crippen LogP contribution in [0.1, 0.15) is 15.9 Å². The van der Waals surface area contributed by atoms with E-state index >= 15 is 0 Å². The molecule has 0 atom stereocenters. The maximum atomic E-state index is 13.4. The van der Waals surface area contributed by atoms with E-state index in [1.54, 1.807) is 0 Å². The van der Waals surface area contributed by atoms with Gasteiger partial charge in [0.05, 0.1) is 0 Å². The van der Waals surface area contributed by atoms with Gasteiger partial charge in [0.1, 0.15) is 0 Å². The second kappa shape index (κ2) is 7.20. The van der Waals surface area contributed by atoms with E-state index in [0.717, 1.165) is 33.4 Å². The zero-order valence-electron chi connectivity index (χ0n) is 14.3. The molecule has 0 fully saturated rings. The van der Waals surface area contributed by atoms with Crippen LogP contribution in [0.4, 0.5) is 0 Å². The number of carbonyl (C=O) groups is 1. The van der Waals surface area contributed by atoms with E-state index in [9.17, 15) is 4.79 Å². The van der Waals surface area contributed by atoms with Crippen molar-refractivity contribution < 1.29 is 4.79 Å². The summed E-state index contributed by atoms with van der Waals surface area (Å²) in [6.45, 7) is 0. The molecule has 1 heteroatoms. The third-order valence-corrected chi connectivity index (χ3v) is 4.51. The Bertz CT molecular complexity index is 949. The predicted octanol–water partition coefficient (Wildman–Crippen LogP) is 6.25. The number of rotatable bonds is 4. The summed E-state index contributed by atoms with van der Waals surface area (Å²) in [5.74, 6) is 0.0453. The van der Waals surface area contributed by atoms with Crippen molar-refractivity contribution in [2.45, 2.75) is 0 Å². The molecule has 0 unspecified atom stereocenters. The first kappa shape index (κ1) is 16.0. The van der Waals surface area contributed by atoms with Crippen molar-refractivity contribution in [2.75, 3.05) is 0 Å². The minimum Gasteiger partial charge on any atom is -0.289 e. The van der Waals surface area contributed by atoms with Crippen molar-refractivity contribution >= 4 is 5.78 Å². The van der Waals surface area contributed by atoms with Gasteiger partial charge in [-0.25, -0.2) is 0 Å². The zero-order valence-corrected chi connectivity index (χ0v) is 14.3. The van der Waals surface area contributed by atoms with Crippen molar-refractivity contribution in [3.05, 3.63) is 120 Å². The van der Waals surface area contributed by atoms with Crippen molar-refractivity contribution in [3.63, 3.8) is 0 Å². The molecule has 0 aliphatic heterocycles. The molecule has 0 aromatic heterocycles. The van der Waals surface area contributed by atoms with Gasteiger partial charge < -0.3 is 0 Å². The highest BCUT2D eigenvalue weighted by molar-refractivity contribution is 6.16. The monoisotopic (exact) mass is 334 g/mol. The highest BCUT2D eigenvalue weighted by atomic mass is 16.1.